The zero-order valence-corrected chi connectivity index (χ0v) is 25.4. The number of aryl methyl sites for hydroxylation is 4. The molecule has 0 spiro atoms. The van der Waals surface area contributed by atoms with Gasteiger partial charge in [-0.25, -0.2) is 0 Å². The molecule has 0 radical (unpaired) electrons. The summed E-state index contributed by atoms with van der Waals surface area (Å²) in [6.07, 6.45) is 16.5. The van der Waals surface area contributed by atoms with Gasteiger partial charge >= 0.3 is 0 Å². The van der Waals surface area contributed by atoms with E-state index >= 15 is 0 Å². The monoisotopic (exact) mass is 546 g/mol. The van der Waals surface area contributed by atoms with E-state index in [0.29, 0.717) is 0 Å². The van der Waals surface area contributed by atoms with Gasteiger partial charge in [-0.1, -0.05) is 118 Å². The number of anilines is 2. The molecule has 0 bridgehead atoms. The summed E-state index contributed by atoms with van der Waals surface area (Å²) in [5.74, 6) is 0. The molecule has 4 rings (SSSR count). The molecule has 0 aliphatic heterocycles. The summed E-state index contributed by atoms with van der Waals surface area (Å²) in [6, 6.07) is 31.2. The summed E-state index contributed by atoms with van der Waals surface area (Å²) >= 11 is 0. The lowest BCUT2D eigenvalue weighted by atomic mass is 9.99. The first-order chi connectivity index (χ1) is 20.0. The Labute approximate surface area is 249 Å². The molecular formula is C39H50N2. The first-order valence-corrected chi connectivity index (χ1v) is 15.8. The summed E-state index contributed by atoms with van der Waals surface area (Å²) in [5, 5.41) is 0. The highest BCUT2D eigenvalue weighted by atomic mass is 14.6. The van der Waals surface area contributed by atoms with Crippen LogP contribution in [-0.2, 0) is 25.7 Å². The Morgan fingerprint density at radius 3 is 1.00 bits per heavy atom. The molecule has 4 aromatic rings. The van der Waals surface area contributed by atoms with Gasteiger partial charge in [0.2, 0.25) is 0 Å². The highest BCUT2D eigenvalue weighted by molar-refractivity contribution is 5.49. The smallest absolute Gasteiger partial charge is 0.0343 e. The molecular weight excluding hydrogens is 496 g/mol. The van der Waals surface area contributed by atoms with Crippen LogP contribution in [0.5, 0.6) is 0 Å². The molecule has 0 fully saturated rings. The lowest BCUT2D eigenvalue weighted by molar-refractivity contribution is 0.558. The van der Waals surface area contributed by atoms with E-state index in [4.69, 9.17) is 11.5 Å². The van der Waals surface area contributed by atoms with Gasteiger partial charge < -0.3 is 11.5 Å². The molecule has 0 aliphatic carbocycles. The minimum Gasteiger partial charge on any atom is -0.399 e. The molecule has 0 saturated carbocycles. The van der Waals surface area contributed by atoms with Crippen molar-refractivity contribution in [2.45, 2.75) is 97.3 Å². The molecule has 0 aliphatic rings. The lowest BCUT2D eigenvalue weighted by Gasteiger charge is -2.07. The second-order valence-corrected chi connectivity index (χ2v) is 12.1. The first kappa shape index (κ1) is 30.4. The molecule has 0 amide bonds. The van der Waals surface area contributed by atoms with Gasteiger partial charge in [0.1, 0.15) is 0 Å². The normalized spacial score (nSPS) is 11.2. The maximum atomic E-state index is 5.95. The second kappa shape index (κ2) is 16.1. The van der Waals surface area contributed by atoms with E-state index in [0.717, 1.165) is 35.3 Å². The minimum atomic E-state index is 0.874. The minimum absolute atomic E-state index is 0.874. The average Bonchev–Trinajstić information content (AvgIpc) is 2.97. The Morgan fingerprint density at radius 1 is 0.366 bits per heavy atom. The third-order valence-corrected chi connectivity index (χ3v) is 8.46. The van der Waals surface area contributed by atoms with Crippen molar-refractivity contribution >= 4 is 11.4 Å². The maximum Gasteiger partial charge on any atom is 0.0343 e. The van der Waals surface area contributed by atoms with Crippen molar-refractivity contribution in [1.29, 1.82) is 0 Å². The van der Waals surface area contributed by atoms with Gasteiger partial charge in [-0.3, -0.25) is 0 Å². The first-order valence-electron chi connectivity index (χ1n) is 15.8. The SMILES string of the molecule is Cc1cc(Cc2ccc(CCCCCCCCCCCc3ccc(Cc4ccc(N)c(C)c4)cc3)cc2)ccc1N. The number of unbranched alkanes of at least 4 members (excludes halogenated alkanes) is 8. The van der Waals surface area contributed by atoms with Gasteiger partial charge in [0, 0.05) is 11.4 Å². The van der Waals surface area contributed by atoms with Gasteiger partial charge in [-0.2, -0.15) is 0 Å². The number of hydrogen-bond acceptors (Lipinski definition) is 2. The third kappa shape index (κ3) is 10.4. The van der Waals surface area contributed by atoms with E-state index < -0.39 is 0 Å². The zero-order chi connectivity index (χ0) is 28.9. The Kier molecular flexibility index (Phi) is 11.9. The molecule has 4 N–H and O–H groups in total. The summed E-state index contributed by atoms with van der Waals surface area (Å²) in [6.45, 7) is 4.16. The highest BCUT2D eigenvalue weighted by Crippen LogP contribution is 2.19. The predicted octanol–water partition coefficient (Wildman–Crippen LogP) is 9.95. The van der Waals surface area contributed by atoms with Crippen molar-refractivity contribution < 1.29 is 0 Å². The molecule has 2 nitrogen and oxygen atoms in total. The summed E-state index contributed by atoms with van der Waals surface area (Å²) in [4.78, 5) is 0. The average molecular weight is 547 g/mol. The van der Waals surface area contributed by atoms with Crippen LogP contribution in [0.1, 0.15) is 102 Å². The molecule has 0 unspecified atom stereocenters. The van der Waals surface area contributed by atoms with Crippen molar-refractivity contribution in [2.75, 3.05) is 11.5 Å². The fourth-order valence-corrected chi connectivity index (χ4v) is 5.71. The van der Waals surface area contributed by atoms with Crippen molar-refractivity contribution in [1.82, 2.24) is 0 Å². The van der Waals surface area contributed by atoms with E-state index in [9.17, 15) is 0 Å². The summed E-state index contributed by atoms with van der Waals surface area (Å²) < 4.78 is 0. The van der Waals surface area contributed by atoms with Gasteiger partial charge in [0.05, 0.1) is 0 Å². The third-order valence-electron chi connectivity index (χ3n) is 8.46. The fraction of sp³-hybridized carbons (Fsp3) is 0.385. The molecule has 0 aromatic heterocycles. The summed E-state index contributed by atoms with van der Waals surface area (Å²) in [7, 11) is 0. The Balaban J connectivity index is 0.995. The topological polar surface area (TPSA) is 52.0 Å². The Morgan fingerprint density at radius 2 is 0.659 bits per heavy atom. The van der Waals surface area contributed by atoms with E-state index in [2.05, 4.69) is 86.6 Å². The largest absolute Gasteiger partial charge is 0.399 e. The van der Waals surface area contributed by atoms with Gasteiger partial charge in [-0.15, -0.1) is 0 Å². The Bertz CT molecular complexity index is 1230. The second-order valence-electron chi connectivity index (χ2n) is 12.1. The number of nitrogens with two attached hydrogens (primary N) is 2. The molecule has 41 heavy (non-hydrogen) atoms. The number of rotatable bonds is 16. The van der Waals surface area contributed by atoms with Crippen LogP contribution in [0, 0.1) is 13.8 Å². The zero-order valence-electron chi connectivity index (χ0n) is 25.4. The lowest BCUT2D eigenvalue weighted by Crippen LogP contribution is -1.94. The quantitative estimate of drug-likeness (QED) is 0.108. The molecule has 216 valence electrons. The van der Waals surface area contributed by atoms with E-state index in [1.54, 1.807) is 0 Å². The van der Waals surface area contributed by atoms with Crippen LogP contribution in [0.4, 0.5) is 11.4 Å². The maximum absolute atomic E-state index is 5.95. The van der Waals surface area contributed by atoms with Crippen molar-refractivity contribution in [3.63, 3.8) is 0 Å². The predicted molar refractivity (Wildman–Crippen MR) is 179 cm³/mol. The molecule has 0 saturated heterocycles. The standard InChI is InChI=1S/C39H50N2/c1-30-26-36(22-24-38(30)40)28-34-18-14-32(15-19-34)12-10-8-6-4-3-5-7-9-11-13-33-16-20-35(21-17-33)29-37-23-25-39(41)31(2)27-37/h14-27H,3-13,28-29,40-41H2,1-2H3. The van der Waals surface area contributed by atoms with Crippen LogP contribution in [-0.4, -0.2) is 0 Å². The van der Waals surface area contributed by atoms with Crippen molar-refractivity contribution in [3.05, 3.63) is 129 Å². The number of nitrogen functional groups attached to an aromatic ring is 2. The fourth-order valence-electron chi connectivity index (χ4n) is 5.71. The van der Waals surface area contributed by atoms with E-state index in [-0.39, 0.29) is 0 Å². The van der Waals surface area contributed by atoms with Crippen molar-refractivity contribution in [3.8, 4) is 0 Å². The van der Waals surface area contributed by atoms with Crippen LogP contribution in [0.15, 0.2) is 84.9 Å². The van der Waals surface area contributed by atoms with Crippen LogP contribution in [0.25, 0.3) is 0 Å². The van der Waals surface area contributed by atoms with E-state index in [1.807, 2.05) is 12.1 Å². The van der Waals surface area contributed by atoms with Gasteiger partial charge in [0.25, 0.3) is 0 Å². The van der Waals surface area contributed by atoms with Crippen LogP contribution in [0.3, 0.4) is 0 Å². The number of hydrogen-bond donors (Lipinski definition) is 2. The highest BCUT2D eigenvalue weighted by Gasteiger charge is 2.02. The van der Waals surface area contributed by atoms with Gasteiger partial charge in [-0.05, 0) is 109 Å². The molecule has 0 heterocycles. The van der Waals surface area contributed by atoms with Crippen molar-refractivity contribution in [2.24, 2.45) is 0 Å². The summed E-state index contributed by atoms with van der Waals surface area (Å²) in [5.41, 5.74) is 24.3. The van der Waals surface area contributed by atoms with Crippen LogP contribution >= 0.6 is 0 Å². The van der Waals surface area contributed by atoms with Crippen LogP contribution in [0.2, 0.25) is 0 Å². The molecule has 0 atom stereocenters. The number of benzene rings is 4. The molecule has 2 heteroatoms. The van der Waals surface area contributed by atoms with E-state index in [1.165, 1.54) is 104 Å². The Hall–Kier alpha value is -3.52. The van der Waals surface area contributed by atoms with Crippen LogP contribution < -0.4 is 11.5 Å². The van der Waals surface area contributed by atoms with Gasteiger partial charge in [0.15, 0.2) is 0 Å². The molecule has 4 aromatic carbocycles.